The second-order valence-electron chi connectivity index (χ2n) is 8.11. The van der Waals surface area contributed by atoms with Gasteiger partial charge in [0.05, 0.1) is 12.2 Å². The maximum absolute atomic E-state index is 12.8. The topological polar surface area (TPSA) is 67.4 Å². The van der Waals surface area contributed by atoms with Crippen LogP contribution in [0, 0.1) is 0 Å². The first-order chi connectivity index (χ1) is 13.0. The minimum absolute atomic E-state index is 0.175. The maximum Gasteiger partial charge on any atom is 0.341 e. The van der Waals surface area contributed by atoms with E-state index in [9.17, 15) is 9.59 Å². The van der Waals surface area contributed by atoms with Crippen LogP contribution in [0.4, 0.5) is 5.00 Å². The lowest BCUT2D eigenvalue weighted by atomic mass is 9.81. The first-order valence-corrected chi connectivity index (χ1v) is 10.8. The second kappa shape index (κ2) is 7.61. The molecule has 0 radical (unpaired) electrons. The molecule has 0 bridgehead atoms. The Kier molecular flexibility index (Phi) is 5.71. The number of anilines is 1. The molecule has 28 heavy (non-hydrogen) atoms. The Labute approximate surface area is 178 Å². The summed E-state index contributed by atoms with van der Waals surface area (Å²) < 4.78 is 6.22. The highest BCUT2D eigenvalue weighted by Crippen LogP contribution is 2.45. The molecule has 0 fully saturated rings. The van der Waals surface area contributed by atoms with Crippen molar-refractivity contribution >= 4 is 44.1 Å². The number of rotatable bonds is 4. The molecule has 150 valence electrons. The first kappa shape index (κ1) is 21.0. The summed E-state index contributed by atoms with van der Waals surface area (Å²) in [5.74, 6) is -0.638. The lowest BCUT2D eigenvalue weighted by Crippen LogP contribution is -2.55. The van der Waals surface area contributed by atoms with Gasteiger partial charge in [-0.15, -0.1) is 11.3 Å². The number of benzene rings is 1. The minimum atomic E-state index is -0.389. The maximum atomic E-state index is 12.8. The monoisotopic (exact) mass is 464 g/mol. The van der Waals surface area contributed by atoms with Crippen LogP contribution in [0.15, 0.2) is 28.7 Å². The summed E-state index contributed by atoms with van der Waals surface area (Å²) in [6.45, 7) is 10.5. The minimum Gasteiger partial charge on any atom is -0.462 e. The molecule has 1 aliphatic rings. The van der Waals surface area contributed by atoms with E-state index in [4.69, 9.17) is 4.74 Å². The van der Waals surface area contributed by atoms with Crippen LogP contribution in [0.3, 0.4) is 0 Å². The molecule has 1 aromatic heterocycles. The predicted molar refractivity (Wildman–Crippen MR) is 116 cm³/mol. The van der Waals surface area contributed by atoms with Gasteiger partial charge < -0.3 is 15.4 Å². The molecule has 7 heteroatoms. The molecule has 1 aromatic carbocycles. The number of ether oxygens (including phenoxy) is 1. The Balaban J connectivity index is 2.06. The molecule has 0 saturated heterocycles. The molecular formula is C21H25BrN2O3S. The molecule has 0 unspecified atom stereocenters. The summed E-state index contributed by atoms with van der Waals surface area (Å²) in [5.41, 5.74) is 1.48. The molecule has 1 amide bonds. The molecule has 2 heterocycles. The Morgan fingerprint density at radius 2 is 1.86 bits per heavy atom. The van der Waals surface area contributed by atoms with Gasteiger partial charge in [0.15, 0.2) is 0 Å². The molecule has 3 rings (SSSR count). The fourth-order valence-corrected chi connectivity index (χ4v) is 5.34. The van der Waals surface area contributed by atoms with Crippen molar-refractivity contribution in [3.05, 3.63) is 50.3 Å². The molecular weight excluding hydrogens is 440 g/mol. The van der Waals surface area contributed by atoms with E-state index in [0.717, 1.165) is 14.9 Å². The lowest BCUT2D eigenvalue weighted by molar-refractivity contribution is 0.0526. The number of hydrogen-bond acceptors (Lipinski definition) is 5. The summed E-state index contributed by atoms with van der Waals surface area (Å²) in [6, 6.07) is 7.11. The van der Waals surface area contributed by atoms with E-state index in [2.05, 4.69) is 54.3 Å². The van der Waals surface area contributed by atoms with E-state index in [1.54, 1.807) is 19.1 Å². The van der Waals surface area contributed by atoms with Crippen LogP contribution in [0.25, 0.3) is 0 Å². The van der Waals surface area contributed by atoms with E-state index in [0.29, 0.717) is 22.5 Å². The number of esters is 1. The van der Waals surface area contributed by atoms with Crippen molar-refractivity contribution in [1.29, 1.82) is 0 Å². The highest BCUT2D eigenvalue weighted by molar-refractivity contribution is 9.10. The van der Waals surface area contributed by atoms with Crippen molar-refractivity contribution in [3.63, 3.8) is 0 Å². The van der Waals surface area contributed by atoms with Gasteiger partial charge in [0.25, 0.3) is 5.91 Å². The highest BCUT2D eigenvalue weighted by atomic mass is 79.9. The number of carbonyl (C=O) groups excluding carboxylic acids is 2. The van der Waals surface area contributed by atoms with Crippen molar-refractivity contribution < 1.29 is 14.3 Å². The third-order valence-corrected chi connectivity index (χ3v) is 6.66. The number of nitrogens with one attached hydrogen (secondary N) is 2. The summed E-state index contributed by atoms with van der Waals surface area (Å²) in [6.07, 6.45) is 0.685. The Morgan fingerprint density at radius 3 is 2.46 bits per heavy atom. The van der Waals surface area contributed by atoms with Gasteiger partial charge in [-0.05, 0) is 70.9 Å². The van der Waals surface area contributed by atoms with Crippen LogP contribution in [-0.4, -0.2) is 24.0 Å². The molecule has 1 aliphatic heterocycles. The fourth-order valence-electron chi connectivity index (χ4n) is 3.81. The van der Waals surface area contributed by atoms with Crippen LogP contribution >= 0.6 is 27.3 Å². The summed E-state index contributed by atoms with van der Waals surface area (Å²) in [7, 11) is 0. The molecule has 0 aliphatic carbocycles. The van der Waals surface area contributed by atoms with Gasteiger partial charge in [-0.1, -0.05) is 15.9 Å². The number of halogens is 1. The van der Waals surface area contributed by atoms with E-state index in [1.807, 2.05) is 12.1 Å². The summed E-state index contributed by atoms with van der Waals surface area (Å²) in [5, 5.41) is 7.12. The van der Waals surface area contributed by atoms with Crippen molar-refractivity contribution in [2.75, 3.05) is 11.9 Å². The molecule has 0 spiro atoms. The third-order valence-electron chi connectivity index (χ3n) is 4.66. The van der Waals surface area contributed by atoms with Crippen LogP contribution < -0.4 is 10.6 Å². The van der Waals surface area contributed by atoms with E-state index in [-0.39, 0.29) is 29.6 Å². The van der Waals surface area contributed by atoms with Gasteiger partial charge in [0, 0.05) is 26.0 Å². The van der Waals surface area contributed by atoms with Crippen LogP contribution in [0.1, 0.15) is 65.8 Å². The van der Waals surface area contributed by atoms with Gasteiger partial charge in [-0.3, -0.25) is 4.79 Å². The lowest BCUT2D eigenvalue weighted by Gasteiger charge is -2.42. The number of hydrogen-bond donors (Lipinski definition) is 2. The standard InChI is InChI=1S/C21H25BrN2O3S/c1-6-27-19(26)15-14-11-20(2,3)24-21(4,5)16(14)28-18(15)23-17(25)12-7-9-13(22)10-8-12/h7-10,24H,6,11H2,1-5H3,(H,23,25). The molecule has 0 atom stereocenters. The predicted octanol–water partition coefficient (Wildman–Crippen LogP) is 5.10. The van der Waals surface area contributed by atoms with E-state index in [1.165, 1.54) is 11.3 Å². The SMILES string of the molecule is CCOC(=O)c1c(NC(=O)c2ccc(Br)cc2)sc2c1CC(C)(C)NC2(C)C. The number of amides is 1. The number of carbonyl (C=O) groups is 2. The van der Waals surface area contributed by atoms with Crippen LogP contribution in [-0.2, 0) is 16.7 Å². The van der Waals surface area contributed by atoms with Crippen LogP contribution in [0.5, 0.6) is 0 Å². The normalized spacial score (nSPS) is 16.9. The first-order valence-electron chi connectivity index (χ1n) is 9.23. The average Bonchev–Trinajstić information content (AvgIpc) is 2.92. The van der Waals surface area contributed by atoms with Gasteiger partial charge in [-0.25, -0.2) is 4.79 Å². The average molecular weight is 465 g/mol. The number of fused-ring (bicyclic) bond motifs is 1. The summed E-state index contributed by atoms with van der Waals surface area (Å²) in [4.78, 5) is 26.6. The zero-order chi connectivity index (χ0) is 20.7. The zero-order valence-corrected chi connectivity index (χ0v) is 19.1. The van der Waals surface area contributed by atoms with Gasteiger partial charge in [-0.2, -0.15) is 0 Å². The zero-order valence-electron chi connectivity index (χ0n) is 16.7. The largest absolute Gasteiger partial charge is 0.462 e. The van der Waals surface area contributed by atoms with Crippen molar-refractivity contribution in [1.82, 2.24) is 5.32 Å². The van der Waals surface area contributed by atoms with Gasteiger partial charge >= 0.3 is 5.97 Å². The fraction of sp³-hybridized carbons (Fsp3) is 0.429. The van der Waals surface area contributed by atoms with E-state index >= 15 is 0 Å². The van der Waals surface area contributed by atoms with Crippen molar-refractivity contribution in [2.45, 2.75) is 52.1 Å². The van der Waals surface area contributed by atoms with Gasteiger partial charge in [0.2, 0.25) is 0 Å². The quantitative estimate of drug-likeness (QED) is 0.617. The molecule has 2 aromatic rings. The Hall–Kier alpha value is -1.70. The second-order valence-corrected chi connectivity index (χ2v) is 10.0. The highest BCUT2D eigenvalue weighted by Gasteiger charge is 2.42. The summed E-state index contributed by atoms with van der Waals surface area (Å²) >= 11 is 4.82. The van der Waals surface area contributed by atoms with E-state index < -0.39 is 0 Å². The van der Waals surface area contributed by atoms with Crippen LogP contribution in [0.2, 0.25) is 0 Å². The smallest absolute Gasteiger partial charge is 0.341 e. The van der Waals surface area contributed by atoms with Gasteiger partial charge in [0.1, 0.15) is 5.00 Å². The Morgan fingerprint density at radius 1 is 1.21 bits per heavy atom. The molecule has 0 saturated carbocycles. The molecule has 5 nitrogen and oxygen atoms in total. The third kappa shape index (κ3) is 4.16. The van der Waals surface area contributed by atoms with Crippen molar-refractivity contribution in [2.24, 2.45) is 0 Å². The Bertz CT molecular complexity index is 916. The number of thiophene rings is 1. The molecule has 2 N–H and O–H groups in total. The van der Waals surface area contributed by atoms with Crippen molar-refractivity contribution in [3.8, 4) is 0 Å².